The summed E-state index contributed by atoms with van der Waals surface area (Å²) in [6.07, 6.45) is 6.85. The minimum atomic E-state index is 0.706. The summed E-state index contributed by atoms with van der Waals surface area (Å²) < 4.78 is 4.66. The third-order valence-electron chi connectivity index (χ3n) is 2.52. The standard InChI is InChI=1S/C10H16N2S2/c1-8-7-13-10(11-8)14-12-9-5-3-2-4-6-9/h7,9,12H,2-6H2,1H3. The molecule has 0 atom stereocenters. The molecule has 1 aliphatic rings. The second kappa shape index (κ2) is 5.14. The van der Waals surface area contributed by atoms with Crippen molar-refractivity contribution in [1.29, 1.82) is 0 Å². The van der Waals surface area contributed by atoms with Crippen LogP contribution in [0.25, 0.3) is 0 Å². The Hall–Kier alpha value is -0.0600. The molecule has 0 bridgehead atoms. The number of nitrogens with zero attached hydrogens (tertiary/aromatic N) is 1. The zero-order valence-corrected chi connectivity index (χ0v) is 10.1. The van der Waals surface area contributed by atoms with Gasteiger partial charge in [0.25, 0.3) is 0 Å². The van der Waals surface area contributed by atoms with E-state index >= 15 is 0 Å². The van der Waals surface area contributed by atoms with E-state index in [-0.39, 0.29) is 0 Å². The Morgan fingerprint density at radius 3 is 2.86 bits per heavy atom. The van der Waals surface area contributed by atoms with Crippen LogP contribution in [0.3, 0.4) is 0 Å². The molecule has 0 unspecified atom stereocenters. The van der Waals surface area contributed by atoms with Gasteiger partial charge in [0.2, 0.25) is 0 Å². The predicted molar refractivity (Wildman–Crippen MR) is 62.7 cm³/mol. The molecule has 78 valence electrons. The van der Waals surface area contributed by atoms with E-state index in [2.05, 4.69) is 15.1 Å². The van der Waals surface area contributed by atoms with Gasteiger partial charge in [-0.3, -0.25) is 4.72 Å². The molecule has 4 heteroatoms. The Bertz CT molecular complexity index is 279. The summed E-state index contributed by atoms with van der Waals surface area (Å²) >= 11 is 3.43. The second-order valence-electron chi connectivity index (χ2n) is 3.81. The Kier molecular flexibility index (Phi) is 3.84. The number of hydrogen-bond donors (Lipinski definition) is 1. The highest BCUT2D eigenvalue weighted by Crippen LogP contribution is 2.24. The average molecular weight is 228 g/mol. The molecule has 1 heterocycles. The first-order chi connectivity index (χ1) is 6.84. The topological polar surface area (TPSA) is 24.9 Å². The number of nitrogens with one attached hydrogen (secondary N) is 1. The molecule has 0 spiro atoms. The quantitative estimate of drug-likeness (QED) is 0.803. The van der Waals surface area contributed by atoms with Crippen LogP contribution in [-0.2, 0) is 0 Å². The van der Waals surface area contributed by atoms with Crippen molar-refractivity contribution < 1.29 is 0 Å². The van der Waals surface area contributed by atoms with Gasteiger partial charge in [0.05, 0.1) is 0 Å². The van der Waals surface area contributed by atoms with Gasteiger partial charge < -0.3 is 0 Å². The molecule has 0 aliphatic heterocycles. The number of aromatic nitrogens is 1. The summed E-state index contributed by atoms with van der Waals surface area (Å²) in [4.78, 5) is 4.41. The summed E-state index contributed by atoms with van der Waals surface area (Å²) in [6.45, 7) is 2.04. The first-order valence-electron chi connectivity index (χ1n) is 5.19. The third-order valence-corrected chi connectivity index (χ3v) is 4.52. The zero-order valence-electron chi connectivity index (χ0n) is 8.45. The lowest BCUT2D eigenvalue weighted by Gasteiger charge is -2.21. The fourth-order valence-corrected chi connectivity index (χ4v) is 3.43. The molecule has 0 saturated heterocycles. The summed E-state index contributed by atoms with van der Waals surface area (Å²) in [5, 5.41) is 2.10. The van der Waals surface area contributed by atoms with Gasteiger partial charge >= 0.3 is 0 Å². The van der Waals surface area contributed by atoms with Crippen LogP contribution < -0.4 is 4.72 Å². The molecule has 1 aliphatic carbocycles. The van der Waals surface area contributed by atoms with Crippen LogP contribution in [0.2, 0.25) is 0 Å². The average Bonchev–Trinajstić information content (AvgIpc) is 2.63. The van der Waals surface area contributed by atoms with Crippen LogP contribution in [0.1, 0.15) is 37.8 Å². The van der Waals surface area contributed by atoms with Crippen LogP contribution in [0.5, 0.6) is 0 Å². The van der Waals surface area contributed by atoms with Gasteiger partial charge in [0.1, 0.15) is 0 Å². The van der Waals surface area contributed by atoms with E-state index in [0.29, 0.717) is 6.04 Å². The van der Waals surface area contributed by atoms with Crippen molar-refractivity contribution in [3.05, 3.63) is 11.1 Å². The number of thiazole rings is 1. The number of rotatable bonds is 3. The predicted octanol–water partition coefficient (Wildman–Crippen LogP) is 3.38. The smallest absolute Gasteiger partial charge is 0.165 e. The molecule has 2 nitrogen and oxygen atoms in total. The zero-order chi connectivity index (χ0) is 9.80. The molecule has 1 aromatic heterocycles. The highest BCUT2D eigenvalue weighted by atomic mass is 32.2. The monoisotopic (exact) mass is 228 g/mol. The molecule has 2 rings (SSSR count). The molecule has 0 radical (unpaired) electrons. The van der Waals surface area contributed by atoms with Crippen molar-refractivity contribution in [2.45, 2.75) is 49.4 Å². The molecule has 1 fully saturated rings. The molecule has 0 amide bonds. The molecule has 1 aromatic rings. The van der Waals surface area contributed by atoms with Crippen LogP contribution >= 0.6 is 23.3 Å². The van der Waals surface area contributed by atoms with Crippen molar-refractivity contribution in [1.82, 2.24) is 9.71 Å². The maximum Gasteiger partial charge on any atom is 0.165 e. The molecule has 14 heavy (non-hydrogen) atoms. The van der Waals surface area contributed by atoms with Gasteiger partial charge in [0.15, 0.2) is 4.34 Å². The number of hydrogen-bond acceptors (Lipinski definition) is 4. The normalized spacial score (nSPS) is 18.6. The number of aryl methyl sites for hydroxylation is 1. The van der Waals surface area contributed by atoms with E-state index < -0.39 is 0 Å². The molecular formula is C10H16N2S2. The summed E-state index contributed by atoms with van der Waals surface area (Å²) in [5.41, 5.74) is 1.13. The van der Waals surface area contributed by atoms with Gasteiger partial charge in [0, 0.05) is 17.1 Å². The maximum atomic E-state index is 4.41. The van der Waals surface area contributed by atoms with Crippen molar-refractivity contribution in [2.75, 3.05) is 0 Å². The van der Waals surface area contributed by atoms with Gasteiger partial charge in [-0.15, -0.1) is 11.3 Å². The lowest BCUT2D eigenvalue weighted by Crippen LogP contribution is -2.25. The Morgan fingerprint density at radius 2 is 2.21 bits per heavy atom. The van der Waals surface area contributed by atoms with Crippen molar-refractivity contribution in [3.8, 4) is 0 Å². The third kappa shape index (κ3) is 2.97. The van der Waals surface area contributed by atoms with Crippen LogP contribution in [0.4, 0.5) is 0 Å². The summed E-state index contributed by atoms with van der Waals surface area (Å²) in [7, 11) is 0. The minimum absolute atomic E-state index is 0.706. The fourth-order valence-electron chi connectivity index (χ4n) is 1.73. The Balaban J connectivity index is 1.76. The highest BCUT2D eigenvalue weighted by molar-refractivity contribution is 7.99. The molecule has 0 aromatic carbocycles. The van der Waals surface area contributed by atoms with Gasteiger partial charge in [-0.2, -0.15) is 0 Å². The van der Waals surface area contributed by atoms with Gasteiger partial charge in [-0.05, 0) is 31.7 Å². The maximum absolute atomic E-state index is 4.41. The van der Waals surface area contributed by atoms with Crippen molar-refractivity contribution in [3.63, 3.8) is 0 Å². The summed E-state index contributed by atoms with van der Waals surface area (Å²) in [5.74, 6) is 0. The first kappa shape index (κ1) is 10.5. The van der Waals surface area contributed by atoms with Gasteiger partial charge in [-0.25, -0.2) is 4.98 Å². The fraction of sp³-hybridized carbons (Fsp3) is 0.700. The van der Waals surface area contributed by atoms with E-state index in [0.717, 1.165) is 10.0 Å². The van der Waals surface area contributed by atoms with E-state index in [1.165, 1.54) is 32.1 Å². The van der Waals surface area contributed by atoms with E-state index in [9.17, 15) is 0 Å². The van der Waals surface area contributed by atoms with Crippen molar-refractivity contribution in [2.24, 2.45) is 0 Å². The highest BCUT2D eigenvalue weighted by Gasteiger charge is 2.13. The van der Waals surface area contributed by atoms with E-state index in [4.69, 9.17) is 0 Å². The first-order valence-corrected chi connectivity index (χ1v) is 6.89. The summed E-state index contributed by atoms with van der Waals surface area (Å²) in [6, 6.07) is 0.706. The van der Waals surface area contributed by atoms with Crippen LogP contribution in [0.15, 0.2) is 9.72 Å². The largest absolute Gasteiger partial charge is 0.255 e. The lowest BCUT2D eigenvalue weighted by molar-refractivity contribution is 0.423. The minimum Gasteiger partial charge on any atom is -0.255 e. The Labute approximate surface area is 93.6 Å². The van der Waals surface area contributed by atoms with Crippen LogP contribution in [0, 0.1) is 6.92 Å². The molecule has 1 saturated carbocycles. The lowest BCUT2D eigenvalue weighted by atomic mass is 9.96. The van der Waals surface area contributed by atoms with E-state index in [1.807, 2.05) is 6.92 Å². The second-order valence-corrected chi connectivity index (χ2v) is 5.75. The Morgan fingerprint density at radius 1 is 1.43 bits per heavy atom. The molecular weight excluding hydrogens is 212 g/mol. The van der Waals surface area contributed by atoms with Crippen molar-refractivity contribution >= 4 is 23.3 Å². The van der Waals surface area contributed by atoms with Gasteiger partial charge in [-0.1, -0.05) is 19.3 Å². The van der Waals surface area contributed by atoms with E-state index in [1.54, 1.807) is 23.3 Å². The molecule has 1 N–H and O–H groups in total. The SMILES string of the molecule is Cc1csc(SNC2CCCCC2)n1. The van der Waals surface area contributed by atoms with Crippen LogP contribution in [-0.4, -0.2) is 11.0 Å².